The zero-order valence-corrected chi connectivity index (χ0v) is 13.2. The van der Waals surface area contributed by atoms with E-state index in [4.69, 9.17) is 14.5 Å². The van der Waals surface area contributed by atoms with Gasteiger partial charge in [-0.25, -0.2) is 0 Å². The molecule has 0 spiro atoms. The van der Waals surface area contributed by atoms with Crippen molar-refractivity contribution in [2.75, 3.05) is 37.8 Å². The molecule has 1 aliphatic carbocycles. The van der Waals surface area contributed by atoms with E-state index in [0.29, 0.717) is 0 Å². The first-order valence-electron chi connectivity index (χ1n) is 8.51. The first-order valence-corrected chi connectivity index (χ1v) is 8.51. The Kier molecular flexibility index (Phi) is 3.05. The Labute approximate surface area is 136 Å². The van der Waals surface area contributed by atoms with E-state index in [1.54, 1.807) is 0 Å². The number of anilines is 1. The number of ether oxygens (including phenoxy) is 2. The molecular weight excluding hydrogens is 288 g/mol. The second-order valence-electron chi connectivity index (χ2n) is 6.43. The highest BCUT2D eigenvalue weighted by molar-refractivity contribution is 5.82. The summed E-state index contributed by atoms with van der Waals surface area (Å²) in [5.74, 6) is 1.97. The number of morpholine rings is 1. The molecule has 0 atom stereocenters. The fourth-order valence-electron chi connectivity index (χ4n) is 4.07. The minimum absolute atomic E-state index is 0.753. The third-order valence-electron chi connectivity index (χ3n) is 5.17. The molecule has 1 aromatic carbocycles. The van der Waals surface area contributed by atoms with Crippen LogP contribution >= 0.6 is 0 Å². The number of rotatable bonds is 1. The average Bonchev–Trinajstić information content (AvgIpc) is 3.10. The van der Waals surface area contributed by atoms with Crippen molar-refractivity contribution in [2.24, 2.45) is 0 Å². The van der Waals surface area contributed by atoms with Crippen LogP contribution in [-0.2, 0) is 24.0 Å². The minimum atomic E-state index is 0.753. The smallest absolute Gasteiger partial charge is 0.219 e. The van der Waals surface area contributed by atoms with Crippen molar-refractivity contribution < 1.29 is 9.47 Å². The highest BCUT2D eigenvalue weighted by Crippen LogP contribution is 2.44. The zero-order chi connectivity index (χ0) is 15.2. The monoisotopic (exact) mass is 308 g/mol. The van der Waals surface area contributed by atoms with Crippen molar-refractivity contribution >= 4 is 5.82 Å². The SMILES string of the molecule is c1ccc2c(c1)CCc1c(N3CCOCC3)nc3c(c1-2)CCO3. The van der Waals surface area contributed by atoms with Gasteiger partial charge in [-0.15, -0.1) is 0 Å². The molecule has 4 heteroatoms. The van der Waals surface area contributed by atoms with Crippen LogP contribution in [-0.4, -0.2) is 37.9 Å². The van der Waals surface area contributed by atoms with Crippen LogP contribution in [0, 0.1) is 0 Å². The van der Waals surface area contributed by atoms with Gasteiger partial charge in [-0.3, -0.25) is 0 Å². The van der Waals surface area contributed by atoms with Gasteiger partial charge in [-0.05, 0) is 29.5 Å². The van der Waals surface area contributed by atoms with E-state index < -0.39 is 0 Å². The molecule has 3 heterocycles. The third kappa shape index (κ3) is 2.05. The zero-order valence-electron chi connectivity index (χ0n) is 13.2. The summed E-state index contributed by atoms with van der Waals surface area (Å²) in [6, 6.07) is 8.81. The van der Waals surface area contributed by atoms with Crippen molar-refractivity contribution in [3.8, 4) is 17.0 Å². The van der Waals surface area contributed by atoms with Gasteiger partial charge < -0.3 is 14.4 Å². The second kappa shape index (κ2) is 5.24. The average molecular weight is 308 g/mol. The van der Waals surface area contributed by atoms with E-state index in [1.807, 2.05) is 0 Å². The van der Waals surface area contributed by atoms with Gasteiger partial charge in [0.2, 0.25) is 5.88 Å². The van der Waals surface area contributed by atoms with E-state index in [1.165, 1.54) is 27.8 Å². The molecule has 2 aromatic rings. The van der Waals surface area contributed by atoms with E-state index in [2.05, 4.69) is 29.2 Å². The molecule has 0 radical (unpaired) electrons. The Morgan fingerprint density at radius 1 is 0.913 bits per heavy atom. The van der Waals surface area contributed by atoms with Gasteiger partial charge >= 0.3 is 0 Å². The van der Waals surface area contributed by atoms with Crippen molar-refractivity contribution in [2.45, 2.75) is 19.3 Å². The number of nitrogens with zero attached hydrogens (tertiary/aromatic N) is 2. The fourth-order valence-corrected chi connectivity index (χ4v) is 4.07. The molecular formula is C19H20N2O2. The van der Waals surface area contributed by atoms with Gasteiger partial charge in [0.05, 0.1) is 19.8 Å². The Morgan fingerprint density at radius 3 is 2.70 bits per heavy atom. The molecule has 2 aliphatic heterocycles. The van der Waals surface area contributed by atoms with Gasteiger partial charge in [0.15, 0.2) is 0 Å². The summed E-state index contributed by atoms with van der Waals surface area (Å²) in [6.45, 7) is 4.15. The number of benzene rings is 1. The van der Waals surface area contributed by atoms with Crippen LogP contribution in [0.3, 0.4) is 0 Å². The maximum Gasteiger partial charge on any atom is 0.219 e. The molecule has 1 saturated heterocycles. The quantitative estimate of drug-likeness (QED) is 0.811. The van der Waals surface area contributed by atoms with Crippen molar-refractivity contribution in [3.63, 3.8) is 0 Å². The van der Waals surface area contributed by atoms with Gasteiger partial charge in [0.1, 0.15) is 5.82 Å². The lowest BCUT2D eigenvalue weighted by atomic mass is 9.83. The van der Waals surface area contributed by atoms with Gasteiger partial charge in [-0.2, -0.15) is 4.98 Å². The topological polar surface area (TPSA) is 34.6 Å². The Hall–Kier alpha value is -2.07. The lowest BCUT2D eigenvalue weighted by Crippen LogP contribution is -2.37. The molecule has 118 valence electrons. The predicted molar refractivity (Wildman–Crippen MR) is 89.3 cm³/mol. The summed E-state index contributed by atoms with van der Waals surface area (Å²) in [4.78, 5) is 7.28. The molecule has 0 saturated carbocycles. The molecule has 1 fully saturated rings. The minimum Gasteiger partial charge on any atom is -0.477 e. The number of pyridine rings is 1. The van der Waals surface area contributed by atoms with Gasteiger partial charge in [0, 0.05) is 30.6 Å². The lowest BCUT2D eigenvalue weighted by Gasteiger charge is -2.32. The normalized spacial score (nSPS) is 18.9. The predicted octanol–water partition coefficient (Wildman–Crippen LogP) is 2.62. The molecule has 0 unspecified atom stereocenters. The molecule has 1 aromatic heterocycles. The number of aryl methyl sites for hydroxylation is 1. The number of aromatic nitrogens is 1. The standard InChI is InChI=1S/C19H20N2O2/c1-2-4-14-13(3-1)5-6-15-17(14)16-7-10-23-19(16)20-18(15)21-8-11-22-12-9-21/h1-4H,5-12H2. The van der Waals surface area contributed by atoms with Crippen LogP contribution in [0.15, 0.2) is 24.3 Å². The van der Waals surface area contributed by atoms with Crippen LogP contribution in [0.5, 0.6) is 5.88 Å². The molecule has 23 heavy (non-hydrogen) atoms. The Morgan fingerprint density at radius 2 is 1.78 bits per heavy atom. The summed E-state index contributed by atoms with van der Waals surface area (Å²) < 4.78 is 11.4. The van der Waals surface area contributed by atoms with Crippen molar-refractivity contribution in [1.29, 1.82) is 0 Å². The summed E-state index contributed by atoms with van der Waals surface area (Å²) >= 11 is 0. The molecule has 0 amide bonds. The van der Waals surface area contributed by atoms with E-state index >= 15 is 0 Å². The van der Waals surface area contributed by atoms with Crippen LogP contribution in [0.25, 0.3) is 11.1 Å². The number of hydrogen-bond donors (Lipinski definition) is 0. The molecule has 0 N–H and O–H groups in total. The summed E-state index contributed by atoms with van der Waals surface area (Å²) in [5, 5.41) is 0. The summed E-state index contributed by atoms with van der Waals surface area (Å²) in [5.41, 5.74) is 6.95. The van der Waals surface area contributed by atoms with E-state index in [9.17, 15) is 0 Å². The lowest BCUT2D eigenvalue weighted by molar-refractivity contribution is 0.122. The van der Waals surface area contributed by atoms with Crippen LogP contribution in [0.1, 0.15) is 16.7 Å². The van der Waals surface area contributed by atoms with Crippen molar-refractivity contribution in [1.82, 2.24) is 4.98 Å². The van der Waals surface area contributed by atoms with Crippen LogP contribution in [0.2, 0.25) is 0 Å². The van der Waals surface area contributed by atoms with E-state index in [-0.39, 0.29) is 0 Å². The summed E-state index contributed by atoms with van der Waals surface area (Å²) in [7, 11) is 0. The van der Waals surface area contributed by atoms with Gasteiger partial charge in [0.25, 0.3) is 0 Å². The molecule has 3 aliphatic rings. The highest BCUT2D eigenvalue weighted by Gasteiger charge is 2.30. The summed E-state index contributed by atoms with van der Waals surface area (Å²) in [6.07, 6.45) is 3.14. The maximum atomic E-state index is 5.84. The fraction of sp³-hybridized carbons (Fsp3) is 0.421. The maximum absolute atomic E-state index is 5.84. The first-order chi connectivity index (χ1) is 11.4. The Bertz CT molecular complexity index is 766. The number of fused-ring (bicyclic) bond motifs is 5. The highest BCUT2D eigenvalue weighted by atomic mass is 16.5. The van der Waals surface area contributed by atoms with Crippen LogP contribution < -0.4 is 9.64 Å². The third-order valence-corrected chi connectivity index (χ3v) is 5.17. The first kappa shape index (κ1) is 13.4. The van der Waals surface area contributed by atoms with Gasteiger partial charge in [-0.1, -0.05) is 24.3 Å². The number of hydrogen-bond acceptors (Lipinski definition) is 4. The van der Waals surface area contributed by atoms with E-state index in [0.717, 1.165) is 63.9 Å². The molecule has 5 rings (SSSR count). The Balaban J connectivity index is 1.74. The molecule has 0 bridgehead atoms. The second-order valence-corrected chi connectivity index (χ2v) is 6.43. The van der Waals surface area contributed by atoms with Crippen LogP contribution in [0.4, 0.5) is 5.82 Å². The largest absolute Gasteiger partial charge is 0.477 e. The van der Waals surface area contributed by atoms with Crippen molar-refractivity contribution in [3.05, 3.63) is 41.0 Å². The molecule has 4 nitrogen and oxygen atoms in total.